The molecule has 3 atom stereocenters. The Kier molecular flexibility index (Phi) is 10.4. The summed E-state index contributed by atoms with van der Waals surface area (Å²) in [5.41, 5.74) is -0.330. The Hall–Kier alpha value is 0.159. The molecule has 32 heavy (non-hydrogen) atoms. The van der Waals surface area contributed by atoms with Gasteiger partial charge >= 0.3 is 210 Å². The molecule has 0 amide bonds. The first-order chi connectivity index (χ1) is 15.0. The molecule has 0 aromatic rings. The van der Waals surface area contributed by atoms with Gasteiger partial charge in [-0.15, -0.1) is 0 Å². The average molecular weight is 553 g/mol. The molecule has 0 bridgehead atoms. The zero-order chi connectivity index (χ0) is 24.0. The van der Waals surface area contributed by atoms with E-state index in [1.165, 1.54) is 57.8 Å². The van der Waals surface area contributed by atoms with Crippen molar-refractivity contribution in [3.05, 3.63) is 21.8 Å². The van der Waals surface area contributed by atoms with Crippen molar-refractivity contribution < 1.29 is 14.6 Å². The fourth-order valence-electron chi connectivity index (χ4n) is 5.61. The number of hydrogen-bond donors (Lipinski definition) is 1. The minimum atomic E-state index is -0.938. The molecular formula is C28H50O3Sn. The standard InChI is InChI=1S/C15H23O3.C13H27.Sn/c1-7-15(16)10(2)8-14(9-13(15,5)6)17-11(3)12(4)18-14;1-4-7-10-13(11-8-5-2)12-9-6-3;/h1,7-8,11-12,16H,9H2,2-6H3;4-12H2,1-3H3;. The zero-order valence-electron chi connectivity index (χ0n) is 22.2. The van der Waals surface area contributed by atoms with Gasteiger partial charge in [0.05, 0.1) is 0 Å². The van der Waals surface area contributed by atoms with Crippen LogP contribution >= 0.6 is 0 Å². The zero-order valence-corrected chi connectivity index (χ0v) is 25.1. The van der Waals surface area contributed by atoms with Crippen molar-refractivity contribution in [2.24, 2.45) is 5.41 Å². The second-order valence-corrected chi connectivity index (χ2v) is 16.0. The van der Waals surface area contributed by atoms with E-state index in [0.717, 1.165) is 5.57 Å². The molecule has 0 aromatic heterocycles. The van der Waals surface area contributed by atoms with E-state index in [4.69, 9.17) is 9.47 Å². The van der Waals surface area contributed by atoms with Crippen molar-refractivity contribution in [2.45, 2.75) is 147 Å². The summed E-state index contributed by atoms with van der Waals surface area (Å²) < 4.78 is 15.6. The fourth-order valence-corrected chi connectivity index (χ4v) is 10.3. The number of aliphatic hydroxyl groups is 1. The molecule has 2 rings (SSSR count). The van der Waals surface area contributed by atoms with Crippen molar-refractivity contribution in [3.8, 4) is 0 Å². The van der Waals surface area contributed by atoms with Crippen molar-refractivity contribution >= 4 is 21.1 Å². The van der Waals surface area contributed by atoms with Crippen LogP contribution in [-0.2, 0) is 9.47 Å². The van der Waals surface area contributed by atoms with Crippen LogP contribution in [0.2, 0.25) is 3.43 Å². The predicted molar refractivity (Wildman–Crippen MR) is 137 cm³/mol. The van der Waals surface area contributed by atoms with Crippen LogP contribution in [0.3, 0.4) is 0 Å². The van der Waals surface area contributed by atoms with Crippen LogP contribution in [0.25, 0.3) is 0 Å². The molecule has 3 nitrogen and oxygen atoms in total. The van der Waals surface area contributed by atoms with Crippen molar-refractivity contribution in [3.63, 3.8) is 0 Å². The molecule has 1 N–H and O–H groups in total. The molecular weight excluding hydrogens is 503 g/mol. The monoisotopic (exact) mass is 554 g/mol. The van der Waals surface area contributed by atoms with Crippen LogP contribution in [-0.4, -0.2) is 49.8 Å². The first-order valence-corrected chi connectivity index (χ1v) is 16.3. The first kappa shape index (κ1) is 28.4. The maximum atomic E-state index is 11.9. The molecule has 1 aliphatic carbocycles. The van der Waals surface area contributed by atoms with Gasteiger partial charge in [0.25, 0.3) is 0 Å². The van der Waals surface area contributed by atoms with E-state index < -0.39 is 32.5 Å². The topological polar surface area (TPSA) is 38.7 Å². The predicted octanol–water partition coefficient (Wildman–Crippen LogP) is 7.56. The molecule has 1 fully saturated rings. The van der Waals surface area contributed by atoms with Gasteiger partial charge in [-0.3, -0.25) is 0 Å². The quantitative estimate of drug-likeness (QED) is 0.200. The van der Waals surface area contributed by atoms with E-state index in [1.807, 2.05) is 0 Å². The number of ether oxygens (including phenoxy) is 2. The Morgan fingerprint density at radius 3 is 1.88 bits per heavy atom. The Balaban J connectivity index is 2.27. The molecule has 4 heteroatoms. The number of hydrogen-bond acceptors (Lipinski definition) is 3. The van der Waals surface area contributed by atoms with Gasteiger partial charge in [0.1, 0.15) is 0 Å². The normalized spacial score (nSPS) is 32.7. The summed E-state index contributed by atoms with van der Waals surface area (Å²) in [6.45, 7) is 17.5. The van der Waals surface area contributed by atoms with Crippen LogP contribution in [0.4, 0.5) is 0 Å². The molecule has 2 radical (unpaired) electrons. The molecule has 184 valence electrons. The van der Waals surface area contributed by atoms with E-state index in [0.29, 0.717) is 9.85 Å². The van der Waals surface area contributed by atoms with Crippen LogP contribution in [0, 0.1) is 5.41 Å². The summed E-state index contributed by atoms with van der Waals surface area (Å²) in [6.07, 6.45) is 17.0. The average Bonchev–Trinajstić information content (AvgIpc) is 2.99. The van der Waals surface area contributed by atoms with Gasteiger partial charge in [-0.1, -0.05) is 0 Å². The third-order valence-corrected chi connectivity index (χ3v) is 12.8. The second kappa shape index (κ2) is 11.7. The third kappa shape index (κ3) is 6.43. The van der Waals surface area contributed by atoms with Crippen LogP contribution in [0.1, 0.15) is 120 Å². The molecule has 0 saturated carbocycles. The molecule has 1 heterocycles. The van der Waals surface area contributed by atoms with Gasteiger partial charge in [-0.05, 0) is 0 Å². The Morgan fingerprint density at radius 2 is 1.47 bits per heavy atom. The molecule has 3 unspecified atom stereocenters. The van der Waals surface area contributed by atoms with E-state index in [2.05, 4.69) is 71.6 Å². The maximum absolute atomic E-state index is 11.9. The van der Waals surface area contributed by atoms with Gasteiger partial charge in [0, 0.05) is 0 Å². The minimum absolute atomic E-state index is 0.0713. The Morgan fingerprint density at radius 1 is 1.00 bits per heavy atom. The fraction of sp³-hybridized carbons (Fsp3) is 0.857. The molecule has 0 aromatic carbocycles. The third-order valence-electron chi connectivity index (χ3n) is 7.93. The number of unbranched alkanes of at least 4 members (excludes halogenated alkanes) is 3. The molecule has 1 aliphatic heterocycles. The number of rotatable bonds is 12. The molecule has 1 spiro atoms. The van der Waals surface area contributed by atoms with E-state index in [9.17, 15) is 5.11 Å². The Labute approximate surface area is 209 Å². The van der Waals surface area contributed by atoms with Crippen LogP contribution in [0.15, 0.2) is 21.8 Å². The van der Waals surface area contributed by atoms with E-state index in [-0.39, 0.29) is 17.6 Å². The van der Waals surface area contributed by atoms with Gasteiger partial charge in [-0.2, -0.15) is 0 Å². The summed E-state index contributed by atoms with van der Waals surface area (Å²) in [5, 5.41) is 11.9. The van der Waals surface area contributed by atoms with Gasteiger partial charge < -0.3 is 0 Å². The first-order valence-electron chi connectivity index (χ1n) is 13.2. The summed E-state index contributed by atoms with van der Waals surface area (Å²) in [6, 6.07) is 0. The Bertz CT molecular complexity index is 621. The van der Waals surface area contributed by atoms with Crippen molar-refractivity contribution in [2.75, 3.05) is 0 Å². The summed E-state index contributed by atoms with van der Waals surface area (Å²) in [7, 11) is 0. The summed E-state index contributed by atoms with van der Waals surface area (Å²) in [4.78, 5) is 0. The van der Waals surface area contributed by atoms with Crippen molar-refractivity contribution in [1.29, 1.82) is 0 Å². The van der Waals surface area contributed by atoms with Gasteiger partial charge in [-0.25, -0.2) is 0 Å². The van der Waals surface area contributed by atoms with Crippen LogP contribution in [0.5, 0.6) is 0 Å². The van der Waals surface area contributed by atoms with Crippen molar-refractivity contribution in [1.82, 2.24) is 0 Å². The van der Waals surface area contributed by atoms with Gasteiger partial charge in [0.15, 0.2) is 0 Å². The summed E-state index contributed by atoms with van der Waals surface area (Å²) in [5.74, 6) is -0.695. The molecule has 2 aliphatic rings. The van der Waals surface area contributed by atoms with Crippen LogP contribution < -0.4 is 0 Å². The van der Waals surface area contributed by atoms with E-state index >= 15 is 0 Å². The SMILES string of the molecule is CCCC[C](CCCC)(CCCC)[Sn]/[CH]=C/C1(O)C(C)=CC2(CC1(C)C)OC(C)C(C)O2. The second-order valence-electron chi connectivity index (χ2n) is 11.2. The molecule has 1 saturated heterocycles. The van der Waals surface area contributed by atoms with E-state index in [1.54, 1.807) is 0 Å². The summed E-state index contributed by atoms with van der Waals surface area (Å²) >= 11 is -0.812. The van der Waals surface area contributed by atoms with Gasteiger partial charge in [0.2, 0.25) is 0 Å².